The maximum atomic E-state index is 11.8. The highest BCUT2D eigenvalue weighted by atomic mass is 32.2. The number of likely N-dealkylation sites (tertiary alicyclic amines) is 1. The highest BCUT2D eigenvalue weighted by Crippen LogP contribution is 2.21. The van der Waals surface area contributed by atoms with Crippen molar-refractivity contribution in [3.8, 4) is 0 Å². The highest BCUT2D eigenvalue weighted by molar-refractivity contribution is 7.99. The van der Waals surface area contributed by atoms with Crippen LogP contribution in [0.1, 0.15) is 17.0 Å². The van der Waals surface area contributed by atoms with E-state index in [4.69, 9.17) is 4.42 Å². The van der Waals surface area contributed by atoms with Crippen LogP contribution in [0.4, 0.5) is 0 Å². The minimum Gasteiger partial charge on any atom is -0.459 e. The second kappa shape index (κ2) is 4.09. The van der Waals surface area contributed by atoms with Gasteiger partial charge >= 0.3 is 0 Å². The van der Waals surface area contributed by atoms with Gasteiger partial charge in [0.2, 0.25) is 0 Å². The smallest absolute Gasteiger partial charge is 0.289 e. The maximum absolute atomic E-state index is 11.8. The molecule has 1 aliphatic rings. The molecule has 0 radical (unpaired) electrons. The Morgan fingerprint density at radius 2 is 2.57 bits per heavy atom. The standard InChI is InChI=1S/C10H13NO2S/c1-14-8-4-5-11(7-8)10(12)9-3-2-6-13-9/h2-3,6,8H,4-5,7H2,1H3/t8-/m0/s1. The van der Waals surface area contributed by atoms with E-state index in [-0.39, 0.29) is 5.91 Å². The second-order valence-corrected chi connectivity index (χ2v) is 4.51. The molecule has 1 aliphatic heterocycles. The molecular formula is C10H13NO2S. The third kappa shape index (κ3) is 1.80. The zero-order valence-corrected chi connectivity index (χ0v) is 8.92. The Kier molecular flexibility index (Phi) is 2.82. The number of thioether (sulfide) groups is 1. The summed E-state index contributed by atoms with van der Waals surface area (Å²) in [5, 5.41) is 0.592. The van der Waals surface area contributed by atoms with Crippen molar-refractivity contribution in [2.24, 2.45) is 0 Å². The van der Waals surface area contributed by atoms with Crippen molar-refractivity contribution in [1.82, 2.24) is 4.90 Å². The Balaban J connectivity index is 2.00. The molecule has 76 valence electrons. The van der Waals surface area contributed by atoms with Gasteiger partial charge in [-0.3, -0.25) is 4.79 Å². The second-order valence-electron chi connectivity index (χ2n) is 3.37. The van der Waals surface area contributed by atoms with E-state index in [1.165, 1.54) is 6.26 Å². The van der Waals surface area contributed by atoms with Crippen molar-refractivity contribution >= 4 is 17.7 Å². The summed E-state index contributed by atoms with van der Waals surface area (Å²) in [6.07, 6.45) is 4.72. The number of amides is 1. The first kappa shape index (κ1) is 9.65. The van der Waals surface area contributed by atoms with Crippen LogP contribution in [0, 0.1) is 0 Å². The number of carbonyl (C=O) groups excluding carboxylic acids is 1. The van der Waals surface area contributed by atoms with E-state index in [0.29, 0.717) is 11.0 Å². The van der Waals surface area contributed by atoms with E-state index in [2.05, 4.69) is 6.26 Å². The van der Waals surface area contributed by atoms with Gasteiger partial charge in [0, 0.05) is 18.3 Å². The normalized spacial score (nSPS) is 21.5. The van der Waals surface area contributed by atoms with Crippen molar-refractivity contribution in [2.45, 2.75) is 11.7 Å². The van der Waals surface area contributed by atoms with E-state index in [1.54, 1.807) is 12.1 Å². The lowest BCUT2D eigenvalue weighted by Gasteiger charge is -2.13. The summed E-state index contributed by atoms with van der Waals surface area (Å²) in [5.41, 5.74) is 0. The van der Waals surface area contributed by atoms with Crippen LogP contribution in [0.3, 0.4) is 0 Å². The van der Waals surface area contributed by atoms with E-state index in [1.807, 2.05) is 16.7 Å². The number of nitrogens with zero attached hydrogens (tertiary/aromatic N) is 1. The zero-order chi connectivity index (χ0) is 9.97. The van der Waals surface area contributed by atoms with Gasteiger partial charge in [0.1, 0.15) is 0 Å². The zero-order valence-electron chi connectivity index (χ0n) is 8.10. The van der Waals surface area contributed by atoms with Gasteiger partial charge in [0.25, 0.3) is 5.91 Å². The number of hydrogen-bond acceptors (Lipinski definition) is 3. The van der Waals surface area contributed by atoms with Crippen LogP contribution in [0.25, 0.3) is 0 Å². The van der Waals surface area contributed by atoms with Crippen molar-refractivity contribution in [1.29, 1.82) is 0 Å². The molecule has 1 aromatic rings. The van der Waals surface area contributed by atoms with Crippen LogP contribution in [0.2, 0.25) is 0 Å². The van der Waals surface area contributed by atoms with E-state index >= 15 is 0 Å². The van der Waals surface area contributed by atoms with Crippen LogP contribution in [-0.2, 0) is 0 Å². The highest BCUT2D eigenvalue weighted by Gasteiger charge is 2.27. The molecule has 1 amide bonds. The van der Waals surface area contributed by atoms with Gasteiger partial charge in [-0.2, -0.15) is 11.8 Å². The minimum absolute atomic E-state index is 0.0200. The number of carbonyl (C=O) groups is 1. The van der Waals surface area contributed by atoms with Crippen LogP contribution < -0.4 is 0 Å². The summed E-state index contributed by atoms with van der Waals surface area (Å²) < 4.78 is 5.08. The Bertz CT molecular complexity index is 310. The van der Waals surface area contributed by atoms with Gasteiger partial charge < -0.3 is 9.32 Å². The molecule has 1 atom stereocenters. The lowest BCUT2D eigenvalue weighted by atomic mass is 10.4. The maximum Gasteiger partial charge on any atom is 0.289 e. The number of hydrogen-bond donors (Lipinski definition) is 0. The summed E-state index contributed by atoms with van der Waals surface area (Å²) in [5.74, 6) is 0.471. The van der Waals surface area contributed by atoms with Crippen LogP contribution >= 0.6 is 11.8 Å². The molecule has 2 rings (SSSR count). The fourth-order valence-corrected chi connectivity index (χ4v) is 2.33. The molecule has 2 heterocycles. The molecular weight excluding hydrogens is 198 g/mol. The van der Waals surface area contributed by atoms with Gasteiger partial charge in [0.05, 0.1) is 6.26 Å². The predicted molar refractivity (Wildman–Crippen MR) is 56.5 cm³/mol. The SMILES string of the molecule is CS[C@H]1CCN(C(=O)c2ccco2)C1. The van der Waals surface area contributed by atoms with E-state index in [0.717, 1.165) is 19.5 Å². The first-order valence-corrected chi connectivity index (χ1v) is 5.95. The lowest BCUT2D eigenvalue weighted by Crippen LogP contribution is -2.28. The van der Waals surface area contributed by atoms with Crippen LogP contribution in [-0.4, -0.2) is 35.4 Å². The average Bonchev–Trinajstić information content (AvgIpc) is 2.88. The molecule has 0 unspecified atom stereocenters. The Labute approximate surface area is 87.5 Å². The summed E-state index contributed by atoms with van der Waals surface area (Å²) in [6, 6.07) is 3.46. The summed E-state index contributed by atoms with van der Waals surface area (Å²) in [4.78, 5) is 13.7. The molecule has 3 nitrogen and oxygen atoms in total. The van der Waals surface area contributed by atoms with E-state index < -0.39 is 0 Å². The molecule has 0 aliphatic carbocycles. The Morgan fingerprint density at radius 3 is 3.14 bits per heavy atom. The van der Waals surface area contributed by atoms with Crippen molar-refractivity contribution in [2.75, 3.05) is 19.3 Å². The predicted octanol–water partition coefficient (Wildman–Crippen LogP) is 1.86. The Morgan fingerprint density at radius 1 is 1.71 bits per heavy atom. The van der Waals surface area contributed by atoms with Gasteiger partial charge in [-0.15, -0.1) is 0 Å². The van der Waals surface area contributed by atoms with Crippen molar-refractivity contribution in [3.63, 3.8) is 0 Å². The third-order valence-corrected chi connectivity index (χ3v) is 3.55. The Hall–Kier alpha value is -0.900. The van der Waals surface area contributed by atoms with Gasteiger partial charge in [-0.1, -0.05) is 0 Å². The molecule has 1 saturated heterocycles. The summed E-state index contributed by atoms with van der Waals surface area (Å²) in [7, 11) is 0. The molecule has 0 saturated carbocycles. The van der Waals surface area contributed by atoms with Crippen LogP contribution in [0.5, 0.6) is 0 Å². The molecule has 0 aromatic carbocycles. The molecule has 0 N–H and O–H groups in total. The average molecular weight is 211 g/mol. The number of rotatable bonds is 2. The summed E-state index contributed by atoms with van der Waals surface area (Å²) >= 11 is 1.83. The first-order chi connectivity index (χ1) is 6.81. The molecule has 0 bridgehead atoms. The quantitative estimate of drug-likeness (QED) is 0.748. The first-order valence-electron chi connectivity index (χ1n) is 4.67. The molecule has 1 aromatic heterocycles. The molecule has 14 heavy (non-hydrogen) atoms. The van der Waals surface area contributed by atoms with Crippen molar-refractivity contribution in [3.05, 3.63) is 24.2 Å². The largest absolute Gasteiger partial charge is 0.459 e. The lowest BCUT2D eigenvalue weighted by molar-refractivity contribution is 0.0762. The fraction of sp³-hybridized carbons (Fsp3) is 0.500. The summed E-state index contributed by atoms with van der Waals surface area (Å²) in [6.45, 7) is 1.70. The topological polar surface area (TPSA) is 33.5 Å². The van der Waals surface area contributed by atoms with E-state index in [9.17, 15) is 4.79 Å². The molecule has 1 fully saturated rings. The van der Waals surface area contributed by atoms with Crippen LogP contribution in [0.15, 0.2) is 22.8 Å². The third-order valence-electron chi connectivity index (χ3n) is 2.50. The fourth-order valence-electron chi connectivity index (χ4n) is 1.66. The minimum atomic E-state index is 0.0200. The van der Waals surface area contributed by atoms with Gasteiger partial charge in [-0.05, 0) is 24.8 Å². The van der Waals surface area contributed by atoms with Gasteiger partial charge in [0.15, 0.2) is 5.76 Å². The molecule has 4 heteroatoms. The van der Waals surface area contributed by atoms with Crippen molar-refractivity contribution < 1.29 is 9.21 Å². The number of furan rings is 1. The monoisotopic (exact) mass is 211 g/mol. The molecule has 0 spiro atoms. The van der Waals surface area contributed by atoms with Gasteiger partial charge in [-0.25, -0.2) is 0 Å².